The number of hydrogen-bond acceptors (Lipinski definition) is 7. The summed E-state index contributed by atoms with van der Waals surface area (Å²) in [5.74, 6) is 1.18. The number of rotatable bonds is 8. The van der Waals surface area contributed by atoms with Crippen molar-refractivity contribution in [3.63, 3.8) is 0 Å². The van der Waals surface area contributed by atoms with Gasteiger partial charge in [-0.2, -0.15) is 9.78 Å². The Morgan fingerprint density at radius 3 is 2.55 bits per heavy atom. The van der Waals surface area contributed by atoms with E-state index in [1.54, 1.807) is 24.3 Å². The predicted molar refractivity (Wildman–Crippen MR) is 127 cm³/mol. The van der Waals surface area contributed by atoms with Gasteiger partial charge in [0.25, 0.3) is 11.5 Å². The highest BCUT2D eigenvalue weighted by molar-refractivity contribution is 7.13. The van der Waals surface area contributed by atoms with Crippen LogP contribution in [0, 0.1) is 0 Å². The van der Waals surface area contributed by atoms with Gasteiger partial charge in [-0.3, -0.25) is 14.6 Å². The predicted octanol–water partition coefficient (Wildman–Crippen LogP) is 3.91. The van der Waals surface area contributed by atoms with Gasteiger partial charge in [-0.15, -0.1) is 11.3 Å². The van der Waals surface area contributed by atoms with E-state index in [1.807, 2.05) is 24.4 Å². The van der Waals surface area contributed by atoms with Crippen LogP contribution in [0.4, 0.5) is 5.82 Å². The summed E-state index contributed by atoms with van der Waals surface area (Å²) in [5, 5.41) is 9.43. The standard InChI is InChI=1S/C23H23N5O4S/c1-4-6-15-11-21(29)26-23(24-15)28-20(13-18(27-28)19-7-5-8-33-19)25-22(30)14-9-16(31-2)12-17(10-14)32-3/h5,7-13H,4,6H2,1-3H3,(H,25,30)(H,24,26,29). The minimum Gasteiger partial charge on any atom is -0.497 e. The lowest BCUT2D eigenvalue weighted by Crippen LogP contribution is -2.19. The van der Waals surface area contributed by atoms with Crippen molar-refractivity contribution in [2.75, 3.05) is 19.5 Å². The molecule has 0 saturated carbocycles. The maximum atomic E-state index is 13.1. The molecule has 3 heterocycles. The van der Waals surface area contributed by atoms with Crippen molar-refractivity contribution in [3.05, 3.63) is 69.5 Å². The molecule has 0 radical (unpaired) electrons. The average Bonchev–Trinajstić information content (AvgIpc) is 3.48. The van der Waals surface area contributed by atoms with Gasteiger partial charge in [-0.25, -0.2) is 4.98 Å². The molecule has 2 N–H and O–H groups in total. The van der Waals surface area contributed by atoms with Gasteiger partial charge < -0.3 is 14.8 Å². The van der Waals surface area contributed by atoms with Crippen LogP contribution < -0.4 is 20.3 Å². The van der Waals surface area contributed by atoms with Crippen molar-refractivity contribution in [3.8, 4) is 28.0 Å². The molecule has 0 aliphatic rings. The molecule has 4 rings (SSSR count). The number of methoxy groups -OCH3 is 2. The molecular weight excluding hydrogens is 442 g/mol. The summed E-state index contributed by atoms with van der Waals surface area (Å²) in [7, 11) is 3.04. The molecule has 33 heavy (non-hydrogen) atoms. The SMILES string of the molecule is CCCc1cc(=O)[nH]c(-n2nc(-c3cccs3)cc2NC(=O)c2cc(OC)cc(OC)c2)n1. The summed E-state index contributed by atoms with van der Waals surface area (Å²) < 4.78 is 12.0. The molecule has 1 amide bonds. The van der Waals surface area contributed by atoms with Gasteiger partial charge in [0.15, 0.2) is 0 Å². The maximum Gasteiger partial charge on any atom is 0.257 e. The second-order valence-electron chi connectivity index (χ2n) is 7.17. The first-order valence-corrected chi connectivity index (χ1v) is 11.2. The van der Waals surface area contributed by atoms with Gasteiger partial charge >= 0.3 is 0 Å². The lowest BCUT2D eigenvalue weighted by molar-refractivity contribution is 0.102. The minimum absolute atomic E-state index is 0.229. The number of aromatic nitrogens is 4. The van der Waals surface area contributed by atoms with Gasteiger partial charge in [-0.1, -0.05) is 19.4 Å². The van der Waals surface area contributed by atoms with E-state index in [9.17, 15) is 9.59 Å². The van der Waals surface area contributed by atoms with E-state index >= 15 is 0 Å². The van der Waals surface area contributed by atoms with Gasteiger partial charge in [0.05, 0.1) is 19.1 Å². The van der Waals surface area contributed by atoms with E-state index in [4.69, 9.17) is 9.47 Å². The molecule has 0 atom stereocenters. The van der Waals surface area contributed by atoms with Crippen molar-refractivity contribution in [2.24, 2.45) is 0 Å². The zero-order valence-corrected chi connectivity index (χ0v) is 19.2. The zero-order chi connectivity index (χ0) is 23.4. The molecule has 0 unspecified atom stereocenters. The highest BCUT2D eigenvalue weighted by Crippen LogP contribution is 2.28. The van der Waals surface area contributed by atoms with Crippen LogP contribution in [0.25, 0.3) is 16.5 Å². The number of nitrogens with zero attached hydrogens (tertiary/aromatic N) is 3. The number of anilines is 1. The van der Waals surface area contributed by atoms with Crippen molar-refractivity contribution < 1.29 is 14.3 Å². The fourth-order valence-electron chi connectivity index (χ4n) is 3.28. The Morgan fingerprint density at radius 1 is 1.15 bits per heavy atom. The Morgan fingerprint density at radius 2 is 1.91 bits per heavy atom. The molecule has 10 heteroatoms. The van der Waals surface area contributed by atoms with Crippen molar-refractivity contribution in [1.82, 2.24) is 19.7 Å². The highest BCUT2D eigenvalue weighted by Gasteiger charge is 2.18. The third-order valence-corrected chi connectivity index (χ3v) is 5.72. The van der Waals surface area contributed by atoms with Crippen LogP contribution >= 0.6 is 11.3 Å². The smallest absolute Gasteiger partial charge is 0.257 e. The van der Waals surface area contributed by atoms with Gasteiger partial charge in [0, 0.05) is 29.5 Å². The summed E-state index contributed by atoms with van der Waals surface area (Å²) in [6, 6.07) is 12.0. The van der Waals surface area contributed by atoms with Crippen molar-refractivity contribution in [2.45, 2.75) is 19.8 Å². The van der Waals surface area contributed by atoms with E-state index in [1.165, 1.54) is 36.3 Å². The monoisotopic (exact) mass is 465 g/mol. The first-order valence-electron chi connectivity index (χ1n) is 10.3. The van der Waals surface area contributed by atoms with Crippen LogP contribution in [0.3, 0.4) is 0 Å². The number of carbonyl (C=O) groups is 1. The van der Waals surface area contributed by atoms with Gasteiger partial charge in [0.1, 0.15) is 23.0 Å². The normalized spacial score (nSPS) is 10.8. The van der Waals surface area contributed by atoms with Crippen LogP contribution in [0.2, 0.25) is 0 Å². The number of hydrogen-bond donors (Lipinski definition) is 2. The number of aromatic amines is 1. The molecule has 0 aliphatic carbocycles. The lowest BCUT2D eigenvalue weighted by atomic mass is 10.2. The molecule has 1 aromatic carbocycles. The van der Waals surface area contributed by atoms with Crippen LogP contribution in [0.5, 0.6) is 11.5 Å². The molecule has 4 aromatic rings. The minimum atomic E-state index is -0.391. The van der Waals surface area contributed by atoms with E-state index in [2.05, 4.69) is 20.4 Å². The summed E-state index contributed by atoms with van der Waals surface area (Å²) in [6.45, 7) is 2.01. The zero-order valence-electron chi connectivity index (χ0n) is 18.4. The Hall–Kier alpha value is -3.92. The van der Waals surface area contributed by atoms with E-state index in [0.29, 0.717) is 40.7 Å². The topological polar surface area (TPSA) is 111 Å². The van der Waals surface area contributed by atoms with Gasteiger partial charge in [0.2, 0.25) is 5.95 Å². The number of nitrogens with one attached hydrogen (secondary N) is 2. The number of ether oxygens (including phenoxy) is 2. The largest absolute Gasteiger partial charge is 0.497 e. The second-order valence-corrected chi connectivity index (χ2v) is 8.12. The summed E-state index contributed by atoms with van der Waals surface area (Å²) in [4.78, 5) is 33.5. The Balaban J connectivity index is 1.77. The number of carbonyl (C=O) groups excluding carboxylic acids is 1. The van der Waals surface area contributed by atoms with Crippen LogP contribution in [0.15, 0.2) is 52.6 Å². The Kier molecular flexibility index (Phi) is 6.55. The van der Waals surface area contributed by atoms with E-state index < -0.39 is 5.91 Å². The number of amides is 1. The molecule has 9 nitrogen and oxygen atoms in total. The average molecular weight is 466 g/mol. The number of H-pyrrole nitrogens is 1. The van der Waals surface area contributed by atoms with Crippen LogP contribution in [-0.2, 0) is 6.42 Å². The Bertz CT molecular complexity index is 1300. The first-order chi connectivity index (χ1) is 16.0. The van der Waals surface area contributed by atoms with Crippen LogP contribution in [-0.4, -0.2) is 39.9 Å². The molecule has 0 saturated heterocycles. The molecule has 0 fully saturated rings. The highest BCUT2D eigenvalue weighted by atomic mass is 32.1. The number of thiophene rings is 1. The summed E-state index contributed by atoms with van der Waals surface area (Å²) in [6.07, 6.45) is 1.50. The quantitative estimate of drug-likeness (QED) is 0.408. The Labute approximate surface area is 194 Å². The van der Waals surface area contributed by atoms with Gasteiger partial charge in [-0.05, 0) is 30.0 Å². The lowest BCUT2D eigenvalue weighted by Gasteiger charge is -2.11. The summed E-state index contributed by atoms with van der Waals surface area (Å²) in [5.41, 5.74) is 1.36. The first kappa shape index (κ1) is 22.3. The second kappa shape index (κ2) is 9.70. The molecule has 0 spiro atoms. The van der Waals surface area contributed by atoms with Crippen LogP contribution in [0.1, 0.15) is 29.4 Å². The molecule has 3 aromatic heterocycles. The molecular formula is C23H23N5O4S. The molecule has 170 valence electrons. The van der Waals surface area contributed by atoms with E-state index in [-0.39, 0.29) is 11.5 Å². The summed E-state index contributed by atoms with van der Waals surface area (Å²) >= 11 is 1.52. The van der Waals surface area contributed by atoms with Crippen molar-refractivity contribution >= 4 is 23.1 Å². The third-order valence-electron chi connectivity index (χ3n) is 4.83. The number of aryl methyl sites for hydroxylation is 1. The van der Waals surface area contributed by atoms with E-state index in [0.717, 1.165) is 11.3 Å². The van der Waals surface area contributed by atoms with Crippen molar-refractivity contribution in [1.29, 1.82) is 0 Å². The third kappa shape index (κ3) is 4.96. The maximum absolute atomic E-state index is 13.1. The fourth-order valence-corrected chi connectivity index (χ4v) is 3.96. The fraction of sp³-hybridized carbons (Fsp3) is 0.217. The number of benzene rings is 1. The molecule has 0 aliphatic heterocycles. The molecule has 0 bridgehead atoms.